The van der Waals surface area contributed by atoms with Crippen LogP contribution < -0.4 is 39.2 Å². The van der Waals surface area contributed by atoms with Crippen LogP contribution >= 0.6 is 0 Å². The van der Waals surface area contributed by atoms with Gasteiger partial charge in [0.05, 0.1) is 11.9 Å². The van der Waals surface area contributed by atoms with Gasteiger partial charge in [0.15, 0.2) is 6.03 Å². The monoisotopic (exact) mass is 435 g/mol. The van der Waals surface area contributed by atoms with E-state index in [1.54, 1.807) is 13.2 Å². The third-order valence-corrected chi connectivity index (χ3v) is 7.15. The van der Waals surface area contributed by atoms with Gasteiger partial charge in [-0.05, 0) is 30.7 Å². The van der Waals surface area contributed by atoms with Gasteiger partial charge in [-0.25, -0.2) is 8.42 Å². The number of hydrogen-bond acceptors (Lipinski definition) is 5. The van der Waals surface area contributed by atoms with E-state index < -0.39 is 16.2 Å². The number of hydrogen-bond donors (Lipinski definition) is 1. The van der Waals surface area contributed by atoms with Crippen molar-refractivity contribution < 1.29 is 47.5 Å². The summed E-state index contributed by atoms with van der Waals surface area (Å²) in [5.41, 5.74) is 0.408. The topological polar surface area (TPSA) is 108 Å². The summed E-state index contributed by atoms with van der Waals surface area (Å²) in [6.45, 7) is 5.11. The molecule has 0 aromatic carbocycles. The summed E-state index contributed by atoms with van der Waals surface area (Å²) in [7, 11) is -2.49. The van der Waals surface area contributed by atoms with Crippen molar-refractivity contribution in [2.75, 3.05) is 17.5 Å². The molecule has 2 fully saturated rings. The predicted octanol–water partition coefficient (Wildman–Crippen LogP) is -0.438. The Morgan fingerprint density at radius 3 is 2.41 bits per heavy atom. The second kappa shape index (κ2) is 10.5. The maximum atomic E-state index is 13.1. The van der Waals surface area contributed by atoms with Gasteiger partial charge in [-0.3, -0.25) is 13.8 Å². The Balaban J connectivity index is 0.00000300. The van der Waals surface area contributed by atoms with Crippen LogP contribution in [0.1, 0.15) is 46.0 Å². The zero-order chi connectivity index (χ0) is 20.3. The minimum atomic E-state index is -4.21. The molecule has 1 aromatic rings. The summed E-state index contributed by atoms with van der Waals surface area (Å²) in [4.78, 5) is 12.5. The summed E-state index contributed by atoms with van der Waals surface area (Å²) in [5, 5.41) is 6.91. The number of rotatable bonds is 5. The van der Waals surface area contributed by atoms with Crippen molar-refractivity contribution >= 4 is 21.9 Å². The number of aryl methyl sites for hydroxylation is 1. The summed E-state index contributed by atoms with van der Waals surface area (Å²) < 4.78 is 37.9. The van der Waals surface area contributed by atoms with Gasteiger partial charge in [-0.15, -0.1) is 0 Å². The van der Waals surface area contributed by atoms with Crippen LogP contribution in [0.4, 0.5) is 10.5 Å². The molecule has 1 saturated heterocycles. The van der Waals surface area contributed by atoms with Gasteiger partial charge < -0.3 is 14.8 Å². The molecule has 0 radical (unpaired) electrons. The standard InChI is InChI=1S/C18H31N5O4S.Na/c1-13-5-4-6-14(2)17(13)20-18(24)21-28(25,26)23(15-7-9-27-10-8-15)16-11-19-22(3)12-16;/h11-15,17H,4-10H2,1-3H3,(H2,20,21,24);/q;+1/p-1. The van der Waals surface area contributed by atoms with Crippen LogP contribution in [0.25, 0.3) is 4.72 Å². The zero-order valence-electron chi connectivity index (χ0n) is 17.7. The molecule has 158 valence electrons. The van der Waals surface area contributed by atoms with Crippen LogP contribution in [0.3, 0.4) is 0 Å². The Labute approximate surface area is 195 Å². The summed E-state index contributed by atoms with van der Waals surface area (Å²) in [6, 6.07) is -1.17. The van der Waals surface area contributed by atoms with Gasteiger partial charge in [-0.2, -0.15) is 5.10 Å². The Kier molecular flexibility index (Phi) is 8.84. The van der Waals surface area contributed by atoms with E-state index in [0.717, 1.165) is 19.3 Å². The van der Waals surface area contributed by atoms with Crippen LogP contribution in [-0.2, 0) is 22.0 Å². The van der Waals surface area contributed by atoms with E-state index in [2.05, 4.69) is 29.0 Å². The third kappa shape index (κ3) is 6.10. The molecule has 3 rings (SSSR count). The van der Waals surface area contributed by atoms with Crippen molar-refractivity contribution in [2.24, 2.45) is 18.9 Å². The number of anilines is 1. The largest absolute Gasteiger partial charge is 1.00 e. The normalized spacial score (nSPS) is 25.7. The second-order valence-corrected chi connectivity index (χ2v) is 9.41. The molecule has 1 aromatic heterocycles. The van der Waals surface area contributed by atoms with Gasteiger partial charge >= 0.3 is 29.6 Å². The molecule has 1 saturated carbocycles. The van der Waals surface area contributed by atoms with Gasteiger partial charge in [-0.1, -0.05) is 33.1 Å². The first-order chi connectivity index (χ1) is 13.3. The van der Waals surface area contributed by atoms with Crippen molar-refractivity contribution in [1.82, 2.24) is 15.1 Å². The summed E-state index contributed by atoms with van der Waals surface area (Å²) in [5.74, 6) is 0.603. The molecule has 2 amide bonds. The number of aromatic nitrogens is 2. The number of carbonyl (C=O) groups is 1. The SMILES string of the molecule is CC1CCCC(C)C1NC(=O)[N-]S(=O)(=O)N(c1cnn(C)c1)C1CCOCC1.[Na+]. The number of ether oxygens (including phenoxy) is 1. The number of nitrogens with zero attached hydrogens (tertiary/aromatic N) is 4. The van der Waals surface area contributed by atoms with Crippen molar-refractivity contribution in [3.05, 3.63) is 17.1 Å². The maximum Gasteiger partial charge on any atom is 1.00 e. The van der Waals surface area contributed by atoms with E-state index in [9.17, 15) is 13.2 Å². The molecule has 1 aliphatic carbocycles. The van der Waals surface area contributed by atoms with Crippen molar-refractivity contribution in [1.29, 1.82) is 0 Å². The second-order valence-electron chi connectivity index (χ2n) is 7.94. The quantitative estimate of drug-likeness (QED) is 0.631. The van der Waals surface area contributed by atoms with E-state index in [4.69, 9.17) is 4.74 Å². The molecular formula is C18H30N5NaO4S. The average molecular weight is 436 g/mol. The van der Waals surface area contributed by atoms with Crippen LogP contribution in [0, 0.1) is 11.8 Å². The summed E-state index contributed by atoms with van der Waals surface area (Å²) >= 11 is 0. The zero-order valence-corrected chi connectivity index (χ0v) is 20.6. The Morgan fingerprint density at radius 1 is 1.24 bits per heavy atom. The van der Waals surface area contributed by atoms with E-state index in [-0.39, 0.29) is 41.6 Å². The molecule has 29 heavy (non-hydrogen) atoms. The van der Waals surface area contributed by atoms with Gasteiger partial charge in [0.1, 0.15) is 0 Å². The van der Waals surface area contributed by atoms with Crippen molar-refractivity contribution in [2.45, 2.75) is 58.0 Å². The van der Waals surface area contributed by atoms with E-state index in [1.165, 1.54) is 15.2 Å². The van der Waals surface area contributed by atoms with E-state index in [0.29, 0.717) is 43.6 Å². The molecule has 0 bridgehead atoms. The number of carbonyl (C=O) groups excluding carboxylic acids is 1. The van der Waals surface area contributed by atoms with Gasteiger partial charge in [0, 0.05) is 32.5 Å². The third-order valence-electron chi connectivity index (χ3n) is 5.75. The number of nitrogens with one attached hydrogen (secondary N) is 1. The molecular weight excluding hydrogens is 405 g/mol. The van der Waals surface area contributed by atoms with Gasteiger partial charge in [0.25, 0.3) is 10.2 Å². The fourth-order valence-electron chi connectivity index (χ4n) is 4.26. The predicted molar refractivity (Wildman–Crippen MR) is 106 cm³/mol. The van der Waals surface area contributed by atoms with E-state index >= 15 is 0 Å². The molecule has 1 N–H and O–H groups in total. The minimum absolute atomic E-state index is 0. The van der Waals surface area contributed by atoms with Crippen molar-refractivity contribution in [3.8, 4) is 0 Å². The average Bonchev–Trinajstić information content (AvgIpc) is 3.04. The number of urea groups is 1. The van der Waals surface area contributed by atoms with Crippen molar-refractivity contribution in [3.63, 3.8) is 0 Å². The molecule has 2 aliphatic rings. The molecule has 11 heteroatoms. The van der Waals surface area contributed by atoms with Crippen LogP contribution in [0.5, 0.6) is 0 Å². The molecule has 0 spiro atoms. The van der Waals surface area contributed by atoms with Crippen LogP contribution in [0.15, 0.2) is 12.4 Å². The summed E-state index contributed by atoms with van der Waals surface area (Å²) in [6.07, 6.45) is 7.35. The van der Waals surface area contributed by atoms with Crippen LogP contribution in [-0.4, -0.2) is 49.5 Å². The first kappa shape index (κ1) is 24.5. The molecule has 9 nitrogen and oxygen atoms in total. The first-order valence-corrected chi connectivity index (χ1v) is 11.3. The van der Waals surface area contributed by atoms with Crippen LogP contribution in [0.2, 0.25) is 0 Å². The molecule has 2 heterocycles. The Hall–Kier alpha value is -0.810. The fourth-order valence-corrected chi connectivity index (χ4v) is 5.56. The maximum absolute atomic E-state index is 13.1. The molecule has 2 atom stereocenters. The van der Waals surface area contributed by atoms with Gasteiger partial charge in [0.2, 0.25) is 0 Å². The Bertz CT molecular complexity index is 771. The fraction of sp³-hybridized carbons (Fsp3) is 0.778. The number of amides is 2. The minimum Gasteiger partial charge on any atom is -0.445 e. The smallest absolute Gasteiger partial charge is 0.445 e. The molecule has 1 aliphatic heterocycles. The van der Waals surface area contributed by atoms with E-state index in [1.807, 2.05) is 0 Å². The molecule has 2 unspecified atom stereocenters. The Morgan fingerprint density at radius 2 is 1.86 bits per heavy atom. The first-order valence-electron chi connectivity index (χ1n) is 9.92.